The summed E-state index contributed by atoms with van der Waals surface area (Å²) in [4.78, 5) is 26.1. The minimum absolute atomic E-state index is 0.150. The zero-order valence-corrected chi connectivity index (χ0v) is 15.6. The molecule has 1 aliphatic rings. The Morgan fingerprint density at radius 1 is 1.32 bits per heavy atom. The van der Waals surface area contributed by atoms with Crippen molar-refractivity contribution in [3.8, 4) is 0 Å². The van der Waals surface area contributed by atoms with E-state index in [9.17, 15) is 19.9 Å². The molecule has 0 radical (unpaired) electrons. The number of benzene rings is 1. The van der Waals surface area contributed by atoms with E-state index >= 15 is 0 Å². The highest BCUT2D eigenvalue weighted by atomic mass is 16.5. The van der Waals surface area contributed by atoms with E-state index < -0.39 is 23.7 Å². The van der Waals surface area contributed by atoms with Gasteiger partial charge < -0.3 is 10.0 Å². The quantitative estimate of drug-likeness (QED) is 0.839. The third kappa shape index (κ3) is 3.49. The number of anilines is 1. The summed E-state index contributed by atoms with van der Waals surface area (Å²) < 4.78 is 0. The fourth-order valence-corrected chi connectivity index (χ4v) is 3.94. The molecule has 1 aliphatic heterocycles. The lowest BCUT2D eigenvalue weighted by Gasteiger charge is -2.43. The number of Topliss-reactive ketones (excluding diaryl/α,β-unsaturated/α-hetero) is 1. The van der Waals surface area contributed by atoms with Gasteiger partial charge in [0.1, 0.15) is 6.04 Å². The van der Waals surface area contributed by atoms with Crippen LogP contribution in [0.25, 0.3) is 0 Å². The number of hydrogen-bond acceptors (Lipinski definition) is 4. The number of nitrogens with zero attached hydrogens (tertiary/aromatic N) is 2. The average molecular weight is 348 g/mol. The van der Waals surface area contributed by atoms with Crippen molar-refractivity contribution in [2.75, 3.05) is 5.06 Å². The number of amides is 1. The van der Waals surface area contributed by atoms with Crippen LogP contribution in [0, 0.1) is 5.92 Å². The Kier molecular flexibility index (Phi) is 5.42. The topological polar surface area (TPSA) is 81.1 Å². The van der Waals surface area contributed by atoms with E-state index in [4.69, 9.17) is 0 Å². The first-order valence-corrected chi connectivity index (χ1v) is 8.74. The van der Waals surface area contributed by atoms with Crippen molar-refractivity contribution < 1.29 is 19.9 Å². The van der Waals surface area contributed by atoms with Crippen LogP contribution in [0.15, 0.2) is 24.3 Å². The molecule has 1 aromatic carbocycles. The Morgan fingerprint density at radius 2 is 1.92 bits per heavy atom. The van der Waals surface area contributed by atoms with E-state index in [0.717, 1.165) is 11.5 Å². The van der Waals surface area contributed by atoms with Gasteiger partial charge in [-0.1, -0.05) is 25.5 Å². The molecule has 2 rings (SSSR count). The Balaban J connectivity index is 2.42. The molecular formula is C19H28N2O4. The second-order valence-corrected chi connectivity index (χ2v) is 7.69. The third-order valence-corrected chi connectivity index (χ3v) is 4.93. The molecule has 3 atom stereocenters. The highest BCUT2D eigenvalue weighted by molar-refractivity contribution is 6.10. The van der Waals surface area contributed by atoms with Crippen molar-refractivity contribution in [1.29, 1.82) is 0 Å². The summed E-state index contributed by atoms with van der Waals surface area (Å²) >= 11 is 0. The Bertz CT molecular complexity index is 653. The van der Waals surface area contributed by atoms with Crippen LogP contribution in [0.5, 0.6) is 0 Å². The van der Waals surface area contributed by atoms with Crippen LogP contribution in [0.1, 0.15) is 57.8 Å². The van der Waals surface area contributed by atoms with Gasteiger partial charge in [-0.25, -0.2) is 9.86 Å². The molecule has 1 unspecified atom stereocenters. The molecule has 1 heterocycles. The molecule has 0 saturated heterocycles. The van der Waals surface area contributed by atoms with Gasteiger partial charge >= 0.3 is 6.09 Å². The maximum atomic E-state index is 12.9. The molecule has 0 aromatic heterocycles. The largest absolute Gasteiger partial charge is 0.465 e. The van der Waals surface area contributed by atoms with Gasteiger partial charge in [0, 0.05) is 23.1 Å². The summed E-state index contributed by atoms with van der Waals surface area (Å²) in [6.45, 7) is 9.33. The van der Waals surface area contributed by atoms with Gasteiger partial charge in [0.05, 0.1) is 5.69 Å². The minimum Gasteiger partial charge on any atom is -0.465 e. The van der Waals surface area contributed by atoms with Crippen LogP contribution < -0.4 is 5.06 Å². The van der Waals surface area contributed by atoms with Gasteiger partial charge in [0.2, 0.25) is 0 Å². The van der Waals surface area contributed by atoms with Gasteiger partial charge in [-0.15, -0.1) is 0 Å². The van der Waals surface area contributed by atoms with Crippen molar-refractivity contribution in [2.24, 2.45) is 5.92 Å². The molecule has 6 heteroatoms. The Hall–Kier alpha value is -2.08. The molecule has 0 spiro atoms. The zero-order chi connectivity index (χ0) is 18.9. The number of carbonyl (C=O) groups is 2. The van der Waals surface area contributed by atoms with Gasteiger partial charge in [-0.2, -0.15) is 0 Å². The van der Waals surface area contributed by atoms with E-state index in [0.29, 0.717) is 17.7 Å². The number of ketones is 1. The molecule has 0 saturated carbocycles. The number of hydroxylamine groups is 1. The van der Waals surface area contributed by atoms with E-state index in [2.05, 4.69) is 0 Å². The summed E-state index contributed by atoms with van der Waals surface area (Å²) in [5.74, 6) is -0.465. The van der Waals surface area contributed by atoms with Gasteiger partial charge in [0.15, 0.2) is 5.78 Å². The van der Waals surface area contributed by atoms with Gasteiger partial charge in [-0.05, 0) is 46.2 Å². The fraction of sp³-hybridized carbons (Fsp3) is 0.579. The monoisotopic (exact) mass is 348 g/mol. The summed E-state index contributed by atoms with van der Waals surface area (Å²) in [5, 5.41) is 21.4. The highest BCUT2D eigenvalue weighted by Gasteiger charge is 2.46. The number of rotatable bonds is 5. The molecule has 0 bridgehead atoms. The smallest absolute Gasteiger partial charge is 0.407 e. The first-order valence-electron chi connectivity index (χ1n) is 8.74. The van der Waals surface area contributed by atoms with Gasteiger partial charge in [0.25, 0.3) is 0 Å². The van der Waals surface area contributed by atoms with Crippen molar-refractivity contribution in [3.63, 3.8) is 0 Å². The summed E-state index contributed by atoms with van der Waals surface area (Å²) in [6, 6.07) is 5.76. The normalized spacial score (nSPS) is 19.5. The lowest BCUT2D eigenvalue weighted by molar-refractivity contribution is 0.0370. The fourth-order valence-electron chi connectivity index (χ4n) is 3.94. The van der Waals surface area contributed by atoms with Crippen molar-refractivity contribution in [3.05, 3.63) is 29.8 Å². The molecule has 25 heavy (non-hydrogen) atoms. The van der Waals surface area contributed by atoms with E-state index in [1.807, 2.05) is 34.6 Å². The van der Waals surface area contributed by atoms with Gasteiger partial charge in [-0.3, -0.25) is 10.0 Å². The van der Waals surface area contributed by atoms with E-state index in [-0.39, 0.29) is 11.7 Å². The first-order chi connectivity index (χ1) is 11.6. The molecular weight excluding hydrogens is 320 g/mol. The highest BCUT2D eigenvalue weighted by Crippen LogP contribution is 2.38. The minimum atomic E-state index is -1.02. The van der Waals surface area contributed by atoms with Crippen molar-refractivity contribution in [1.82, 2.24) is 4.90 Å². The third-order valence-electron chi connectivity index (χ3n) is 4.93. The van der Waals surface area contributed by atoms with Crippen LogP contribution in [-0.4, -0.2) is 44.7 Å². The van der Waals surface area contributed by atoms with Crippen LogP contribution in [-0.2, 0) is 0 Å². The maximum Gasteiger partial charge on any atom is 0.407 e. The average Bonchev–Trinajstić information content (AvgIpc) is 2.75. The van der Waals surface area contributed by atoms with Crippen molar-refractivity contribution in [2.45, 2.75) is 65.1 Å². The molecule has 6 nitrogen and oxygen atoms in total. The summed E-state index contributed by atoms with van der Waals surface area (Å²) in [7, 11) is 0. The first kappa shape index (κ1) is 19.2. The number of hydrogen-bond donors (Lipinski definition) is 2. The van der Waals surface area contributed by atoms with E-state index in [1.165, 1.54) is 4.90 Å². The Morgan fingerprint density at radius 3 is 2.40 bits per heavy atom. The van der Waals surface area contributed by atoms with Crippen LogP contribution in [0.3, 0.4) is 0 Å². The molecule has 138 valence electrons. The molecule has 0 fully saturated rings. The predicted octanol–water partition coefficient (Wildman–Crippen LogP) is 4.03. The van der Waals surface area contributed by atoms with E-state index in [1.54, 1.807) is 24.3 Å². The lowest BCUT2D eigenvalue weighted by atomic mass is 9.83. The summed E-state index contributed by atoms with van der Waals surface area (Å²) in [5.41, 5.74) is 0.371. The molecule has 0 aliphatic carbocycles. The lowest BCUT2D eigenvalue weighted by Crippen LogP contribution is -2.57. The standard InChI is InChI=1S/C19H28N2O4/c1-6-9-13(12(2)20(18(23)24)19(3,4)5)16-17(22)14-10-7-8-11-15(14)21(16)25/h7-8,10-13,16,25H,6,9H2,1-5H3,(H,23,24)/t12-,13-,16?/m0/s1. The number of para-hydroxylation sites is 1. The number of carboxylic acid groups (broad SMARTS) is 1. The number of carbonyl (C=O) groups excluding carboxylic acids is 1. The maximum absolute atomic E-state index is 12.9. The predicted molar refractivity (Wildman–Crippen MR) is 96.3 cm³/mol. The van der Waals surface area contributed by atoms with Crippen LogP contribution >= 0.6 is 0 Å². The second-order valence-electron chi connectivity index (χ2n) is 7.69. The molecule has 1 amide bonds. The SMILES string of the molecule is CCC[C@H](C1C(=O)c2ccccc2N1O)[C@H](C)N(C(=O)O)C(C)(C)C. The number of fused-ring (bicyclic) bond motifs is 1. The Labute approximate surface area is 149 Å². The molecule has 1 aromatic rings. The second kappa shape index (κ2) is 7.04. The zero-order valence-electron chi connectivity index (χ0n) is 15.6. The van der Waals surface area contributed by atoms with Crippen LogP contribution in [0.4, 0.5) is 10.5 Å². The molecule has 2 N–H and O–H groups in total. The van der Waals surface area contributed by atoms with Crippen LogP contribution in [0.2, 0.25) is 0 Å². The summed E-state index contributed by atoms with van der Waals surface area (Å²) in [6.07, 6.45) is 0.414. The van der Waals surface area contributed by atoms with Crippen molar-refractivity contribution >= 4 is 17.6 Å².